The second-order valence-electron chi connectivity index (χ2n) is 8.88. The highest BCUT2D eigenvalue weighted by atomic mass is 16.5. The predicted molar refractivity (Wildman–Crippen MR) is 97.3 cm³/mol. The molecule has 2 amide bonds. The molecule has 1 aliphatic heterocycles. The van der Waals surface area contributed by atoms with E-state index in [1.54, 1.807) is 0 Å². The third kappa shape index (κ3) is 4.17. The number of carbonyl (C=O) groups excluding carboxylic acids is 1. The number of nitrogens with zero attached hydrogens (tertiary/aromatic N) is 2. The van der Waals surface area contributed by atoms with Gasteiger partial charge in [-0.15, -0.1) is 0 Å². The van der Waals surface area contributed by atoms with Gasteiger partial charge < -0.3 is 15.4 Å². The van der Waals surface area contributed by atoms with E-state index in [0.29, 0.717) is 30.0 Å². The van der Waals surface area contributed by atoms with Gasteiger partial charge in [-0.1, -0.05) is 20.8 Å². The van der Waals surface area contributed by atoms with Crippen LogP contribution < -0.4 is 10.6 Å². The molecular weight excluding hydrogens is 316 g/mol. The van der Waals surface area contributed by atoms with Crippen LogP contribution in [-0.2, 0) is 4.74 Å². The molecule has 2 aliphatic rings. The van der Waals surface area contributed by atoms with Crippen molar-refractivity contribution in [2.45, 2.75) is 78.1 Å². The summed E-state index contributed by atoms with van der Waals surface area (Å²) in [4.78, 5) is 12.4. The lowest BCUT2D eigenvalue weighted by atomic mass is 9.66. The summed E-state index contributed by atoms with van der Waals surface area (Å²) in [7, 11) is 0. The Morgan fingerprint density at radius 1 is 1.32 bits per heavy atom. The van der Waals surface area contributed by atoms with Crippen molar-refractivity contribution in [3.05, 3.63) is 18.0 Å². The second kappa shape index (κ2) is 6.98. The molecule has 0 spiro atoms. The van der Waals surface area contributed by atoms with Crippen molar-refractivity contribution in [1.82, 2.24) is 20.4 Å². The van der Waals surface area contributed by atoms with E-state index in [2.05, 4.69) is 50.4 Å². The van der Waals surface area contributed by atoms with Crippen LogP contribution in [0.25, 0.3) is 0 Å². The summed E-state index contributed by atoms with van der Waals surface area (Å²) in [6.45, 7) is 11.7. The molecule has 25 heavy (non-hydrogen) atoms. The minimum absolute atomic E-state index is 0.00306. The maximum Gasteiger partial charge on any atom is 0.315 e. The third-order valence-electron chi connectivity index (χ3n) is 5.59. The highest BCUT2D eigenvalue weighted by Crippen LogP contribution is 2.41. The average Bonchev–Trinajstić information content (AvgIpc) is 3.09. The number of carbonyl (C=O) groups is 1. The van der Waals surface area contributed by atoms with Crippen molar-refractivity contribution >= 4 is 6.03 Å². The molecule has 2 fully saturated rings. The fourth-order valence-electron chi connectivity index (χ4n) is 3.69. The topological polar surface area (TPSA) is 68.2 Å². The Labute approximate surface area is 150 Å². The number of amides is 2. The smallest absolute Gasteiger partial charge is 0.315 e. The van der Waals surface area contributed by atoms with E-state index in [1.807, 2.05) is 17.1 Å². The third-order valence-corrected chi connectivity index (χ3v) is 5.59. The zero-order valence-corrected chi connectivity index (χ0v) is 16.1. The van der Waals surface area contributed by atoms with Gasteiger partial charge in [0.05, 0.1) is 12.2 Å². The predicted octanol–water partition coefficient (Wildman–Crippen LogP) is 3.42. The molecule has 1 aliphatic carbocycles. The number of hydrogen-bond acceptors (Lipinski definition) is 3. The highest BCUT2D eigenvalue weighted by molar-refractivity contribution is 5.74. The zero-order valence-electron chi connectivity index (χ0n) is 16.1. The number of rotatable bonds is 4. The van der Waals surface area contributed by atoms with Crippen LogP contribution in [0.4, 0.5) is 4.79 Å². The molecule has 2 atom stereocenters. The highest BCUT2D eigenvalue weighted by Gasteiger charge is 2.38. The lowest BCUT2D eigenvalue weighted by Crippen LogP contribution is -2.53. The first-order valence-corrected chi connectivity index (χ1v) is 9.46. The summed E-state index contributed by atoms with van der Waals surface area (Å²) >= 11 is 0. The lowest BCUT2D eigenvalue weighted by Gasteiger charge is -2.44. The standard InChI is InChI=1S/C19H32N4O2/c1-12(2)23-11-13(10-20-23)17-16(6-7-25-17)22-18(24)21-15-8-14(9-15)19(3,4)5/h10-12,14-17H,6-9H2,1-5H3,(H2,21,22,24)/t14?,15?,16-,17+/m1/s1. The summed E-state index contributed by atoms with van der Waals surface area (Å²) in [6.07, 6.45) is 6.74. The van der Waals surface area contributed by atoms with Gasteiger partial charge in [-0.3, -0.25) is 4.68 Å². The van der Waals surface area contributed by atoms with Crippen molar-refractivity contribution in [1.29, 1.82) is 0 Å². The Balaban J connectivity index is 1.50. The molecule has 1 aromatic heterocycles. The van der Waals surface area contributed by atoms with Crippen molar-refractivity contribution < 1.29 is 9.53 Å². The molecule has 6 nitrogen and oxygen atoms in total. The number of nitrogens with one attached hydrogen (secondary N) is 2. The molecule has 6 heteroatoms. The first-order valence-electron chi connectivity index (χ1n) is 9.46. The lowest BCUT2D eigenvalue weighted by molar-refractivity contribution is 0.0939. The maximum absolute atomic E-state index is 12.4. The van der Waals surface area contributed by atoms with E-state index in [-0.39, 0.29) is 18.2 Å². The van der Waals surface area contributed by atoms with E-state index < -0.39 is 0 Å². The van der Waals surface area contributed by atoms with Gasteiger partial charge in [-0.2, -0.15) is 5.10 Å². The summed E-state index contributed by atoms with van der Waals surface area (Å²) in [5, 5.41) is 10.6. The van der Waals surface area contributed by atoms with Crippen LogP contribution in [0.1, 0.15) is 71.6 Å². The van der Waals surface area contributed by atoms with E-state index >= 15 is 0 Å². The number of hydrogen-bond donors (Lipinski definition) is 2. The van der Waals surface area contributed by atoms with E-state index in [1.165, 1.54) is 0 Å². The molecular formula is C19H32N4O2. The number of ether oxygens (including phenoxy) is 1. The van der Waals surface area contributed by atoms with Gasteiger partial charge in [0.25, 0.3) is 0 Å². The first-order chi connectivity index (χ1) is 11.7. The quantitative estimate of drug-likeness (QED) is 0.876. The van der Waals surface area contributed by atoms with Crippen LogP contribution in [0.5, 0.6) is 0 Å². The number of urea groups is 1. The molecule has 0 bridgehead atoms. The zero-order chi connectivity index (χ0) is 18.2. The fourth-order valence-corrected chi connectivity index (χ4v) is 3.69. The fraction of sp³-hybridized carbons (Fsp3) is 0.789. The molecule has 2 heterocycles. The van der Waals surface area contributed by atoms with Crippen LogP contribution in [0.15, 0.2) is 12.4 Å². The van der Waals surface area contributed by atoms with Crippen LogP contribution in [0.2, 0.25) is 0 Å². The molecule has 1 saturated carbocycles. The minimum Gasteiger partial charge on any atom is -0.371 e. The van der Waals surface area contributed by atoms with Gasteiger partial charge in [-0.25, -0.2) is 4.79 Å². The van der Waals surface area contributed by atoms with Crippen LogP contribution in [0, 0.1) is 11.3 Å². The van der Waals surface area contributed by atoms with Crippen LogP contribution in [0.3, 0.4) is 0 Å². The summed E-state index contributed by atoms with van der Waals surface area (Å²) in [5.74, 6) is 0.697. The van der Waals surface area contributed by atoms with Gasteiger partial charge in [0, 0.05) is 30.5 Å². The minimum atomic E-state index is -0.109. The van der Waals surface area contributed by atoms with Crippen LogP contribution >= 0.6 is 0 Å². The number of aromatic nitrogens is 2. The van der Waals surface area contributed by atoms with Gasteiger partial charge >= 0.3 is 6.03 Å². The average molecular weight is 348 g/mol. The largest absolute Gasteiger partial charge is 0.371 e. The normalized spacial score (nSPS) is 29.5. The van der Waals surface area contributed by atoms with E-state index in [0.717, 1.165) is 24.8 Å². The Kier molecular flexibility index (Phi) is 5.09. The molecule has 1 aromatic rings. The Morgan fingerprint density at radius 2 is 2.04 bits per heavy atom. The summed E-state index contributed by atoms with van der Waals surface area (Å²) < 4.78 is 7.78. The van der Waals surface area contributed by atoms with Crippen molar-refractivity contribution in [2.24, 2.45) is 11.3 Å². The van der Waals surface area contributed by atoms with Crippen molar-refractivity contribution in [2.75, 3.05) is 6.61 Å². The molecule has 0 unspecified atom stereocenters. The molecule has 0 radical (unpaired) electrons. The Morgan fingerprint density at radius 3 is 2.64 bits per heavy atom. The molecule has 2 N–H and O–H groups in total. The van der Waals surface area contributed by atoms with E-state index in [9.17, 15) is 4.79 Å². The SMILES string of the molecule is CC(C)n1cc([C@@H]2OCC[C@H]2NC(=O)NC2CC(C(C)(C)C)C2)cn1. The maximum atomic E-state index is 12.4. The monoisotopic (exact) mass is 348 g/mol. The van der Waals surface area contributed by atoms with Gasteiger partial charge in [0.2, 0.25) is 0 Å². The molecule has 1 saturated heterocycles. The summed E-state index contributed by atoms with van der Waals surface area (Å²) in [6, 6.07) is 0.547. The Hall–Kier alpha value is -1.56. The molecule has 140 valence electrons. The summed E-state index contributed by atoms with van der Waals surface area (Å²) in [5.41, 5.74) is 1.36. The van der Waals surface area contributed by atoms with Gasteiger partial charge in [0.15, 0.2) is 0 Å². The van der Waals surface area contributed by atoms with Gasteiger partial charge in [0.1, 0.15) is 6.10 Å². The van der Waals surface area contributed by atoms with Crippen molar-refractivity contribution in [3.63, 3.8) is 0 Å². The van der Waals surface area contributed by atoms with E-state index in [4.69, 9.17) is 4.74 Å². The van der Waals surface area contributed by atoms with Crippen molar-refractivity contribution in [3.8, 4) is 0 Å². The molecule has 0 aromatic carbocycles. The van der Waals surface area contributed by atoms with Crippen LogP contribution in [-0.4, -0.2) is 34.5 Å². The molecule has 3 rings (SSSR count). The Bertz CT molecular complexity index is 599. The second-order valence-corrected chi connectivity index (χ2v) is 8.88. The first kappa shape index (κ1) is 18.2. The van der Waals surface area contributed by atoms with Gasteiger partial charge in [-0.05, 0) is 44.4 Å².